The zero-order valence-corrected chi connectivity index (χ0v) is 14.6. The Hall–Kier alpha value is -1.21. The van der Waals surface area contributed by atoms with Gasteiger partial charge in [0.05, 0.1) is 4.90 Å². The number of fused-ring (bicyclic) bond motifs is 1. The molecule has 23 heavy (non-hydrogen) atoms. The second kappa shape index (κ2) is 6.73. The minimum absolute atomic E-state index is 0.212. The summed E-state index contributed by atoms with van der Waals surface area (Å²) in [5.74, 6) is 0. The number of nitrogens with zero attached hydrogens (tertiary/aromatic N) is 2. The van der Waals surface area contributed by atoms with Gasteiger partial charge in [0.2, 0.25) is 10.0 Å². The Bertz CT molecular complexity index is 808. The average molecular weight is 354 g/mol. The molecule has 1 aromatic carbocycles. The van der Waals surface area contributed by atoms with Gasteiger partial charge in [-0.3, -0.25) is 0 Å². The highest BCUT2D eigenvalue weighted by Gasteiger charge is 2.31. The maximum Gasteiger partial charge on any atom is 0.243 e. The van der Waals surface area contributed by atoms with Crippen LogP contribution in [0.3, 0.4) is 0 Å². The van der Waals surface area contributed by atoms with Gasteiger partial charge in [-0.15, -0.1) is 0 Å². The third-order valence-electron chi connectivity index (χ3n) is 4.21. The van der Waals surface area contributed by atoms with Crippen molar-refractivity contribution in [1.29, 1.82) is 0 Å². The number of pyridine rings is 1. The lowest BCUT2D eigenvalue weighted by molar-refractivity contribution is 0.286. The lowest BCUT2D eigenvalue weighted by atomic mass is 10.1. The van der Waals surface area contributed by atoms with E-state index >= 15 is 0 Å². The summed E-state index contributed by atoms with van der Waals surface area (Å²) in [6, 6.07) is 7.07. The van der Waals surface area contributed by atoms with E-state index < -0.39 is 10.0 Å². The number of piperidine rings is 1. The Labute approximate surface area is 141 Å². The molecule has 1 aromatic heterocycles. The standard InChI is InChI=1S/C16H20ClN3O2S/c1-2-18-12-5-4-10-20(11-12)23(21,22)15-7-3-6-14-13(15)8-9-19-16(14)17/h3,6-9,12,18H,2,4-5,10-11H2,1H3. The first-order valence-electron chi connectivity index (χ1n) is 7.81. The molecule has 1 aliphatic heterocycles. The number of halogens is 1. The van der Waals surface area contributed by atoms with E-state index in [-0.39, 0.29) is 6.04 Å². The third-order valence-corrected chi connectivity index (χ3v) is 6.44. The molecular formula is C16H20ClN3O2S. The van der Waals surface area contributed by atoms with Crippen molar-refractivity contribution < 1.29 is 8.42 Å². The molecule has 5 nitrogen and oxygen atoms in total. The van der Waals surface area contributed by atoms with Crippen LogP contribution in [0.15, 0.2) is 35.4 Å². The molecule has 0 saturated carbocycles. The maximum atomic E-state index is 13.1. The van der Waals surface area contributed by atoms with Crippen LogP contribution in [0.1, 0.15) is 19.8 Å². The Kier molecular flexibility index (Phi) is 4.87. The number of rotatable bonds is 4. The molecule has 3 rings (SSSR count). The molecule has 0 bridgehead atoms. The Morgan fingerprint density at radius 2 is 2.17 bits per heavy atom. The number of nitrogens with one attached hydrogen (secondary N) is 1. The minimum Gasteiger partial charge on any atom is -0.313 e. The molecule has 1 atom stereocenters. The van der Waals surface area contributed by atoms with Crippen LogP contribution >= 0.6 is 11.6 Å². The van der Waals surface area contributed by atoms with Gasteiger partial charge in [-0.25, -0.2) is 13.4 Å². The van der Waals surface area contributed by atoms with Gasteiger partial charge in [0.15, 0.2) is 0 Å². The number of hydrogen-bond donors (Lipinski definition) is 1. The van der Waals surface area contributed by atoms with E-state index in [9.17, 15) is 8.42 Å². The molecule has 1 aliphatic rings. The van der Waals surface area contributed by atoms with Gasteiger partial charge in [0.25, 0.3) is 0 Å². The van der Waals surface area contributed by atoms with Gasteiger partial charge in [0, 0.05) is 36.1 Å². The number of likely N-dealkylation sites (N-methyl/N-ethyl adjacent to an activating group) is 1. The smallest absolute Gasteiger partial charge is 0.243 e. The molecule has 124 valence electrons. The fourth-order valence-corrected chi connectivity index (χ4v) is 5.07. The normalized spacial score (nSPS) is 20.0. The Morgan fingerprint density at radius 3 is 2.96 bits per heavy atom. The summed E-state index contributed by atoms with van der Waals surface area (Å²) >= 11 is 6.10. The van der Waals surface area contributed by atoms with Crippen LogP contribution in [0.4, 0.5) is 0 Å². The van der Waals surface area contributed by atoms with Gasteiger partial charge in [-0.1, -0.05) is 30.7 Å². The van der Waals surface area contributed by atoms with Crippen molar-refractivity contribution >= 4 is 32.4 Å². The summed E-state index contributed by atoms with van der Waals surface area (Å²) in [4.78, 5) is 4.33. The molecule has 2 aromatic rings. The highest BCUT2D eigenvalue weighted by atomic mass is 35.5. The van der Waals surface area contributed by atoms with Crippen molar-refractivity contribution in [2.45, 2.75) is 30.7 Å². The lowest BCUT2D eigenvalue weighted by Gasteiger charge is -2.32. The number of aromatic nitrogens is 1. The van der Waals surface area contributed by atoms with Crippen molar-refractivity contribution in [3.63, 3.8) is 0 Å². The van der Waals surface area contributed by atoms with Crippen LogP contribution in [-0.2, 0) is 10.0 Å². The second-order valence-electron chi connectivity index (χ2n) is 5.71. The van der Waals surface area contributed by atoms with E-state index in [4.69, 9.17) is 11.6 Å². The summed E-state index contributed by atoms with van der Waals surface area (Å²) in [6.45, 7) is 3.94. The predicted octanol–water partition coefficient (Wildman–Crippen LogP) is 2.65. The largest absolute Gasteiger partial charge is 0.313 e. The van der Waals surface area contributed by atoms with E-state index in [1.54, 1.807) is 34.8 Å². The van der Waals surface area contributed by atoms with Crippen molar-refractivity contribution in [2.75, 3.05) is 19.6 Å². The van der Waals surface area contributed by atoms with E-state index in [0.29, 0.717) is 33.9 Å². The van der Waals surface area contributed by atoms with Crippen molar-refractivity contribution in [3.8, 4) is 0 Å². The second-order valence-corrected chi connectivity index (χ2v) is 7.98. The molecular weight excluding hydrogens is 334 g/mol. The lowest BCUT2D eigenvalue weighted by Crippen LogP contribution is -2.47. The molecule has 2 heterocycles. The topological polar surface area (TPSA) is 62.3 Å². The van der Waals surface area contributed by atoms with Crippen LogP contribution in [0.2, 0.25) is 5.15 Å². The van der Waals surface area contributed by atoms with E-state index in [2.05, 4.69) is 10.3 Å². The Balaban J connectivity index is 2.02. The molecule has 0 amide bonds. The van der Waals surface area contributed by atoms with Crippen LogP contribution in [0.25, 0.3) is 10.8 Å². The quantitative estimate of drug-likeness (QED) is 0.858. The van der Waals surface area contributed by atoms with Crippen LogP contribution in [0, 0.1) is 0 Å². The molecule has 1 fully saturated rings. The first-order valence-corrected chi connectivity index (χ1v) is 9.62. The fourth-order valence-electron chi connectivity index (χ4n) is 3.12. The molecule has 1 saturated heterocycles. The van der Waals surface area contributed by atoms with Gasteiger partial charge in [0.1, 0.15) is 5.15 Å². The predicted molar refractivity (Wildman–Crippen MR) is 92.2 cm³/mol. The number of sulfonamides is 1. The summed E-state index contributed by atoms with van der Waals surface area (Å²) in [5.41, 5.74) is 0. The van der Waals surface area contributed by atoms with Crippen molar-refractivity contribution in [1.82, 2.24) is 14.6 Å². The minimum atomic E-state index is -3.55. The van der Waals surface area contributed by atoms with Gasteiger partial charge >= 0.3 is 0 Å². The summed E-state index contributed by atoms with van der Waals surface area (Å²) in [5, 5.41) is 4.96. The molecule has 7 heteroatoms. The van der Waals surface area contributed by atoms with E-state index in [0.717, 1.165) is 19.4 Å². The third kappa shape index (κ3) is 3.21. The molecule has 0 radical (unpaired) electrons. The maximum absolute atomic E-state index is 13.1. The first-order chi connectivity index (χ1) is 11.0. The molecule has 0 aliphatic carbocycles. The zero-order valence-electron chi connectivity index (χ0n) is 13.0. The average Bonchev–Trinajstić information content (AvgIpc) is 2.55. The van der Waals surface area contributed by atoms with Gasteiger partial charge < -0.3 is 5.32 Å². The van der Waals surface area contributed by atoms with Crippen LogP contribution in [-0.4, -0.2) is 43.4 Å². The van der Waals surface area contributed by atoms with Crippen LogP contribution in [0.5, 0.6) is 0 Å². The van der Waals surface area contributed by atoms with Crippen LogP contribution < -0.4 is 5.32 Å². The zero-order chi connectivity index (χ0) is 16.4. The molecule has 0 spiro atoms. The Morgan fingerprint density at radius 1 is 1.35 bits per heavy atom. The number of hydrogen-bond acceptors (Lipinski definition) is 4. The summed E-state index contributed by atoms with van der Waals surface area (Å²) < 4.78 is 27.8. The van der Waals surface area contributed by atoms with Crippen molar-refractivity contribution in [3.05, 3.63) is 35.6 Å². The monoisotopic (exact) mass is 353 g/mol. The summed E-state index contributed by atoms with van der Waals surface area (Å²) in [7, 11) is -3.55. The highest BCUT2D eigenvalue weighted by Crippen LogP contribution is 2.30. The van der Waals surface area contributed by atoms with E-state index in [1.165, 1.54) is 0 Å². The SMILES string of the molecule is CCNC1CCCN(S(=O)(=O)c2cccc3c(Cl)nccc23)C1. The highest BCUT2D eigenvalue weighted by molar-refractivity contribution is 7.89. The molecule has 1 N–H and O–H groups in total. The van der Waals surface area contributed by atoms with Gasteiger partial charge in [-0.2, -0.15) is 4.31 Å². The van der Waals surface area contributed by atoms with Crippen molar-refractivity contribution in [2.24, 2.45) is 0 Å². The van der Waals surface area contributed by atoms with E-state index in [1.807, 2.05) is 6.92 Å². The fraction of sp³-hybridized carbons (Fsp3) is 0.438. The summed E-state index contributed by atoms with van der Waals surface area (Å²) in [6.07, 6.45) is 3.41. The van der Waals surface area contributed by atoms with Gasteiger partial charge in [-0.05, 0) is 31.5 Å². The first kappa shape index (κ1) is 16.6. The molecule has 1 unspecified atom stereocenters. The number of benzene rings is 1.